The third-order valence-corrected chi connectivity index (χ3v) is 3.69. The molecule has 0 bridgehead atoms. The summed E-state index contributed by atoms with van der Waals surface area (Å²) in [5.41, 5.74) is 6.43. The van der Waals surface area contributed by atoms with Crippen LogP contribution in [0.3, 0.4) is 0 Å². The first-order chi connectivity index (χ1) is 12.2. The summed E-state index contributed by atoms with van der Waals surface area (Å²) in [6.45, 7) is 9.56. The fourth-order valence-electron chi connectivity index (χ4n) is 2.68. The molecular formula is C17H21Cl3N5V. The molecule has 0 N–H and O–H groups in total. The van der Waals surface area contributed by atoms with E-state index in [1.54, 1.807) is 0 Å². The van der Waals surface area contributed by atoms with Gasteiger partial charge >= 0.3 is 41.8 Å². The van der Waals surface area contributed by atoms with Crippen molar-refractivity contribution in [3.8, 4) is 0 Å². The first kappa shape index (κ1) is 21.3. The summed E-state index contributed by atoms with van der Waals surface area (Å²) >= 11 is -1.77. The molecule has 3 rings (SSSR count). The number of nitrogens with zero attached hydrogens (tertiary/aromatic N) is 5. The van der Waals surface area contributed by atoms with Crippen LogP contribution in [-0.2, 0) is 25.4 Å². The molecule has 0 atom stereocenters. The Hall–Kier alpha value is -0.976. The minimum absolute atomic E-state index is 0.699. The van der Waals surface area contributed by atoms with Gasteiger partial charge in [0.2, 0.25) is 0 Å². The normalized spacial score (nSPS) is 10.8. The van der Waals surface area contributed by atoms with Gasteiger partial charge in [0.1, 0.15) is 0 Å². The van der Waals surface area contributed by atoms with E-state index in [1.807, 2.05) is 35.3 Å². The van der Waals surface area contributed by atoms with Crippen LogP contribution in [0.1, 0.15) is 34.2 Å². The zero-order chi connectivity index (χ0) is 19.3. The standard InChI is InChI=1S/C17H21N5.3ClH.V/c1-12-8-14(3)21(19-12)10-16-6-5-7-17(18-16)11-22-15(4)9-13(2)20-22;;;;/h5-9H,10-11H2,1-4H3;3*1H;/q;;;;+3/p-3. The van der Waals surface area contributed by atoms with E-state index >= 15 is 0 Å². The number of halogens is 3. The van der Waals surface area contributed by atoms with Gasteiger partial charge in [0.25, 0.3) is 0 Å². The third-order valence-electron chi connectivity index (χ3n) is 3.69. The number of aromatic nitrogens is 5. The second kappa shape index (κ2) is 9.81. The van der Waals surface area contributed by atoms with E-state index in [2.05, 4.69) is 42.2 Å². The Bertz CT molecular complexity index is 794. The van der Waals surface area contributed by atoms with E-state index < -0.39 is 12.3 Å². The molecule has 0 aliphatic rings. The van der Waals surface area contributed by atoms with Crippen LogP contribution in [0, 0.1) is 27.7 Å². The van der Waals surface area contributed by atoms with Crippen molar-refractivity contribution in [1.29, 1.82) is 0 Å². The van der Waals surface area contributed by atoms with Gasteiger partial charge in [-0.1, -0.05) is 6.07 Å². The average Bonchev–Trinajstić information content (AvgIpc) is 3.00. The van der Waals surface area contributed by atoms with Gasteiger partial charge in [-0.2, -0.15) is 10.2 Å². The van der Waals surface area contributed by atoms with Crippen molar-refractivity contribution < 1.29 is 12.3 Å². The Morgan fingerprint density at radius 1 is 0.808 bits per heavy atom. The minimum atomic E-state index is -1.77. The summed E-state index contributed by atoms with van der Waals surface area (Å²) in [4.78, 5) is 4.74. The molecule has 0 aromatic carbocycles. The number of rotatable bonds is 4. The van der Waals surface area contributed by atoms with Crippen LogP contribution in [0.2, 0.25) is 0 Å². The van der Waals surface area contributed by atoms with Gasteiger partial charge in [-0.15, -0.1) is 0 Å². The molecule has 140 valence electrons. The van der Waals surface area contributed by atoms with Gasteiger partial charge < -0.3 is 0 Å². The molecule has 26 heavy (non-hydrogen) atoms. The van der Waals surface area contributed by atoms with Crippen molar-refractivity contribution in [3.05, 3.63) is 64.5 Å². The first-order valence-corrected chi connectivity index (χ1v) is 13.8. The van der Waals surface area contributed by atoms with Crippen LogP contribution in [0.4, 0.5) is 0 Å². The second-order valence-corrected chi connectivity index (χ2v) is 12.9. The van der Waals surface area contributed by atoms with Crippen molar-refractivity contribution in [2.75, 3.05) is 0 Å². The molecule has 0 aliphatic carbocycles. The van der Waals surface area contributed by atoms with Crippen molar-refractivity contribution in [1.82, 2.24) is 24.5 Å². The maximum absolute atomic E-state index is 4.95. The molecule has 5 nitrogen and oxygen atoms in total. The first-order valence-electron chi connectivity index (χ1n) is 7.99. The zero-order valence-corrected chi connectivity index (χ0v) is 18.8. The predicted molar refractivity (Wildman–Crippen MR) is 103 cm³/mol. The van der Waals surface area contributed by atoms with E-state index in [9.17, 15) is 0 Å². The number of pyridine rings is 1. The summed E-state index contributed by atoms with van der Waals surface area (Å²) in [6, 6.07) is 10.3. The molecule has 0 spiro atoms. The van der Waals surface area contributed by atoms with Crippen LogP contribution in [-0.4, -0.2) is 24.5 Å². The molecule has 0 saturated heterocycles. The Morgan fingerprint density at radius 2 is 1.19 bits per heavy atom. The molecule has 0 fully saturated rings. The van der Waals surface area contributed by atoms with Crippen molar-refractivity contribution in [2.24, 2.45) is 0 Å². The van der Waals surface area contributed by atoms with Crippen molar-refractivity contribution in [2.45, 2.75) is 40.8 Å². The Morgan fingerprint density at radius 3 is 1.50 bits per heavy atom. The van der Waals surface area contributed by atoms with Crippen LogP contribution < -0.4 is 0 Å². The van der Waals surface area contributed by atoms with Gasteiger partial charge in [-0.25, -0.2) is 0 Å². The Kier molecular flexibility index (Phi) is 8.05. The second-order valence-electron chi connectivity index (χ2n) is 5.98. The van der Waals surface area contributed by atoms with Crippen LogP contribution >= 0.6 is 29.5 Å². The molecule has 0 radical (unpaired) electrons. The van der Waals surface area contributed by atoms with Crippen LogP contribution in [0.25, 0.3) is 0 Å². The summed E-state index contributed by atoms with van der Waals surface area (Å²) in [5.74, 6) is 0. The van der Waals surface area contributed by atoms with Gasteiger partial charge in [0.15, 0.2) is 0 Å². The maximum atomic E-state index is 4.95. The van der Waals surface area contributed by atoms with Crippen LogP contribution in [0.15, 0.2) is 30.3 Å². The zero-order valence-electron chi connectivity index (χ0n) is 15.1. The fraction of sp³-hybridized carbons (Fsp3) is 0.353. The number of aryl methyl sites for hydroxylation is 4. The summed E-state index contributed by atoms with van der Waals surface area (Å²) in [6.07, 6.45) is 0. The van der Waals surface area contributed by atoms with Gasteiger partial charge in [0.05, 0.1) is 35.9 Å². The fourth-order valence-corrected chi connectivity index (χ4v) is 2.68. The molecular weight excluding hydrogens is 432 g/mol. The monoisotopic (exact) mass is 451 g/mol. The Labute approximate surface area is 171 Å². The van der Waals surface area contributed by atoms with E-state index in [1.165, 1.54) is 0 Å². The van der Waals surface area contributed by atoms with E-state index in [-0.39, 0.29) is 0 Å². The van der Waals surface area contributed by atoms with Crippen molar-refractivity contribution >= 4 is 29.5 Å². The predicted octanol–water partition coefficient (Wildman–Crippen LogP) is 4.87. The molecule has 3 aromatic rings. The van der Waals surface area contributed by atoms with E-state index in [0.29, 0.717) is 13.1 Å². The summed E-state index contributed by atoms with van der Waals surface area (Å²) in [7, 11) is 14.9. The molecule has 0 amide bonds. The number of hydrogen-bond donors (Lipinski definition) is 0. The SMILES string of the molecule is Cc1cc(C)n(Cc2cccc(Cn3nc(C)cc3C)n2)n1.[Cl][V]([Cl])[Cl]. The molecule has 0 unspecified atom stereocenters. The average molecular weight is 453 g/mol. The molecule has 3 aromatic heterocycles. The summed E-state index contributed by atoms with van der Waals surface area (Å²) < 4.78 is 3.98. The Balaban J connectivity index is 0.000000552. The van der Waals surface area contributed by atoms with E-state index in [4.69, 9.17) is 34.5 Å². The molecule has 9 heteroatoms. The quantitative estimate of drug-likeness (QED) is 0.567. The summed E-state index contributed by atoms with van der Waals surface area (Å²) in [5, 5.41) is 8.99. The topological polar surface area (TPSA) is 48.5 Å². The van der Waals surface area contributed by atoms with Gasteiger partial charge in [-0.3, -0.25) is 14.3 Å². The molecule has 3 heterocycles. The third kappa shape index (κ3) is 6.64. The number of hydrogen-bond acceptors (Lipinski definition) is 3. The molecule has 0 saturated carbocycles. The van der Waals surface area contributed by atoms with Crippen LogP contribution in [0.5, 0.6) is 0 Å². The van der Waals surface area contributed by atoms with E-state index in [0.717, 1.165) is 34.2 Å². The van der Waals surface area contributed by atoms with Crippen molar-refractivity contribution in [3.63, 3.8) is 0 Å². The van der Waals surface area contributed by atoms with Gasteiger partial charge in [-0.05, 0) is 52.0 Å². The molecule has 0 aliphatic heterocycles. The van der Waals surface area contributed by atoms with Gasteiger partial charge in [0, 0.05) is 11.4 Å².